The summed E-state index contributed by atoms with van der Waals surface area (Å²) in [6, 6.07) is 7.14. The van der Waals surface area contributed by atoms with E-state index in [1.807, 2.05) is 0 Å². The summed E-state index contributed by atoms with van der Waals surface area (Å²) in [7, 11) is 3.29. The smallest absolute Gasteiger partial charge is 0.349 e. The highest BCUT2D eigenvalue weighted by molar-refractivity contribution is 5.97. The van der Waals surface area contributed by atoms with Crippen molar-refractivity contribution in [1.29, 1.82) is 0 Å². The zero-order valence-corrected chi connectivity index (χ0v) is 13.5. The van der Waals surface area contributed by atoms with Gasteiger partial charge in [-0.05, 0) is 25.0 Å². The number of para-hydroxylation sites is 1. The topological polar surface area (TPSA) is 59.8 Å². The third-order valence-electron chi connectivity index (χ3n) is 4.62. The lowest BCUT2D eigenvalue weighted by atomic mass is 9.94. The van der Waals surface area contributed by atoms with Crippen LogP contribution < -0.4 is 10.4 Å². The average molecular weight is 315 g/mol. The normalized spacial score (nSPS) is 15.6. The molecule has 1 aromatic carbocycles. The summed E-state index contributed by atoms with van der Waals surface area (Å²) in [5.74, 6) is 0.217. The van der Waals surface area contributed by atoms with Gasteiger partial charge >= 0.3 is 5.63 Å². The monoisotopic (exact) mass is 315 g/mol. The fourth-order valence-corrected chi connectivity index (χ4v) is 3.25. The molecule has 1 fully saturated rings. The number of ether oxygens (including phenoxy) is 1. The molecule has 0 saturated heterocycles. The van der Waals surface area contributed by atoms with E-state index >= 15 is 0 Å². The van der Waals surface area contributed by atoms with Gasteiger partial charge in [0.15, 0.2) is 11.3 Å². The van der Waals surface area contributed by atoms with Gasteiger partial charge in [-0.3, -0.25) is 4.79 Å². The molecular formula is C18H21NO4. The molecule has 3 rings (SSSR count). The SMILES string of the molecule is COc1cccc2cc(C(=O)N(C)C3CCCCC3)c(=O)oc12. The standard InChI is InChI=1S/C18H21NO4/c1-19(13-8-4-3-5-9-13)17(20)14-11-12-7-6-10-15(22-2)16(12)23-18(14)21/h6-7,10-11,13H,3-5,8-9H2,1-2H3. The fraction of sp³-hybridized carbons (Fsp3) is 0.444. The molecule has 0 spiro atoms. The third-order valence-corrected chi connectivity index (χ3v) is 4.62. The minimum atomic E-state index is -0.616. The number of fused-ring (bicyclic) bond motifs is 1. The minimum absolute atomic E-state index is 0.0822. The zero-order chi connectivity index (χ0) is 16.4. The van der Waals surface area contributed by atoms with Crippen LogP contribution in [-0.4, -0.2) is 31.0 Å². The average Bonchev–Trinajstić information content (AvgIpc) is 2.60. The van der Waals surface area contributed by atoms with Crippen LogP contribution in [0.1, 0.15) is 42.5 Å². The summed E-state index contributed by atoms with van der Waals surface area (Å²) in [5, 5.41) is 0.685. The van der Waals surface area contributed by atoms with Crippen molar-refractivity contribution in [3.8, 4) is 5.75 Å². The largest absolute Gasteiger partial charge is 0.493 e. The molecule has 23 heavy (non-hydrogen) atoms. The maximum atomic E-state index is 12.7. The van der Waals surface area contributed by atoms with Crippen molar-refractivity contribution < 1.29 is 13.9 Å². The molecule has 1 amide bonds. The first-order valence-corrected chi connectivity index (χ1v) is 8.00. The molecule has 0 aliphatic heterocycles. The summed E-state index contributed by atoms with van der Waals surface area (Å²) in [5.41, 5.74) is -0.162. The molecule has 1 aliphatic carbocycles. The predicted molar refractivity (Wildman–Crippen MR) is 88.0 cm³/mol. The molecule has 0 N–H and O–H groups in total. The second-order valence-corrected chi connectivity index (χ2v) is 6.03. The fourth-order valence-electron chi connectivity index (χ4n) is 3.25. The summed E-state index contributed by atoms with van der Waals surface area (Å²) >= 11 is 0. The van der Waals surface area contributed by atoms with Gasteiger partial charge in [0, 0.05) is 18.5 Å². The Morgan fingerprint density at radius 3 is 2.70 bits per heavy atom. The zero-order valence-electron chi connectivity index (χ0n) is 13.5. The lowest BCUT2D eigenvalue weighted by Crippen LogP contribution is -2.40. The number of hydrogen-bond acceptors (Lipinski definition) is 4. The molecule has 5 nitrogen and oxygen atoms in total. The van der Waals surface area contributed by atoms with Crippen LogP contribution in [0.15, 0.2) is 33.5 Å². The molecule has 1 aliphatic rings. The summed E-state index contributed by atoms with van der Waals surface area (Å²) in [6.07, 6.45) is 5.47. The van der Waals surface area contributed by atoms with E-state index in [1.54, 1.807) is 36.2 Å². The van der Waals surface area contributed by atoms with E-state index in [9.17, 15) is 9.59 Å². The van der Waals surface area contributed by atoms with Gasteiger partial charge < -0.3 is 14.1 Å². The van der Waals surface area contributed by atoms with Gasteiger partial charge in [0.05, 0.1) is 7.11 Å². The van der Waals surface area contributed by atoms with Gasteiger partial charge in [-0.2, -0.15) is 0 Å². The van der Waals surface area contributed by atoms with Crippen LogP contribution in [-0.2, 0) is 0 Å². The van der Waals surface area contributed by atoms with E-state index in [0.717, 1.165) is 25.7 Å². The highest BCUT2D eigenvalue weighted by atomic mass is 16.5. The molecule has 122 valence electrons. The Morgan fingerprint density at radius 1 is 1.26 bits per heavy atom. The van der Waals surface area contributed by atoms with Crippen LogP contribution in [0.25, 0.3) is 11.0 Å². The van der Waals surface area contributed by atoms with Crippen LogP contribution >= 0.6 is 0 Å². The van der Waals surface area contributed by atoms with E-state index in [4.69, 9.17) is 9.15 Å². The minimum Gasteiger partial charge on any atom is -0.493 e. The summed E-state index contributed by atoms with van der Waals surface area (Å²) in [4.78, 5) is 26.6. The van der Waals surface area contributed by atoms with Gasteiger partial charge in [0.1, 0.15) is 5.56 Å². The molecular weight excluding hydrogens is 294 g/mol. The number of amides is 1. The van der Waals surface area contributed by atoms with Crippen molar-refractivity contribution in [1.82, 2.24) is 4.90 Å². The van der Waals surface area contributed by atoms with Crippen LogP contribution in [0.4, 0.5) is 0 Å². The van der Waals surface area contributed by atoms with Gasteiger partial charge in [0.2, 0.25) is 0 Å². The highest BCUT2D eigenvalue weighted by Gasteiger charge is 2.25. The molecule has 0 radical (unpaired) electrons. The second-order valence-electron chi connectivity index (χ2n) is 6.03. The van der Waals surface area contributed by atoms with Crippen LogP contribution in [0.3, 0.4) is 0 Å². The van der Waals surface area contributed by atoms with Crippen LogP contribution in [0.2, 0.25) is 0 Å². The Hall–Kier alpha value is -2.30. The van der Waals surface area contributed by atoms with Gasteiger partial charge in [-0.15, -0.1) is 0 Å². The van der Waals surface area contributed by atoms with Crippen molar-refractivity contribution in [2.75, 3.05) is 14.2 Å². The first-order valence-electron chi connectivity index (χ1n) is 8.00. The van der Waals surface area contributed by atoms with Crippen molar-refractivity contribution in [2.24, 2.45) is 0 Å². The Balaban J connectivity index is 1.97. The van der Waals surface area contributed by atoms with E-state index in [0.29, 0.717) is 16.7 Å². The maximum absolute atomic E-state index is 12.7. The Kier molecular flexibility index (Phi) is 4.37. The van der Waals surface area contributed by atoms with Crippen molar-refractivity contribution in [3.63, 3.8) is 0 Å². The number of carbonyl (C=O) groups excluding carboxylic acids is 1. The Morgan fingerprint density at radius 2 is 2.00 bits per heavy atom. The number of rotatable bonds is 3. The van der Waals surface area contributed by atoms with Gasteiger partial charge in [-0.25, -0.2) is 4.79 Å². The number of carbonyl (C=O) groups is 1. The molecule has 5 heteroatoms. The summed E-state index contributed by atoms with van der Waals surface area (Å²) < 4.78 is 10.5. The lowest BCUT2D eigenvalue weighted by Gasteiger charge is -2.31. The predicted octanol–water partition coefficient (Wildman–Crippen LogP) is 3.21. The van der Waals surface area contributed by atoms with Gasteiger partial charge in [0.25, 0.3) is 5.91 Å². The van der Waals surface area contributed by atoms with E-state index in [1.165, 1.54) is 13.5 Å². The third kappa shape index (κ3) is 2.96. The van der Waals surface area contributed by atoms with E-state index < -0.39 is 5.63 Å². The van der Waals surface area contributed by atoms with Crippen LogP contribution in [0, 0.1) is 0 Å². The number of hydrogen-bond donors (Lipinski definition) is 0. The number of benzene rings is 1. The molecule has 0 bridgehead atoms. The first kappa shape index (κ1) is 15.6. The maximum Gasteiger partial charge on any atom is 0.349 e. The lowest BCUT2D eigenvalue weighted by molar-refractivity contribution is 0.0692. The Labute approximate surface area is 134 Å². The quantitative estimate of drug-likeness (QED) is 0.816. The number of methoxy groups -OCH3 is 1. The molecule has 0 atom stereocenters. The van der Waals surface area contributed by atoms with E-state index in [2.05, 4.69) is 0 Å². The van der Waals surface area contributed by atoms with E-state index in [-0.39, 0.29) is 17.5 Å². The summed E-state index contributed by atoms with van der Waals surface area (Å²) in [6.45, 7) is 0. The van der Waals surface area contributed by atoms with Crippen LogP contribution in [0.5, 0.6) is 5.75 Å². The van der Waals surface area contributed by atoms with Gasteiger partial charge in [-0.1, -0.05) is 31.4 Å². The highest BCUT2D eigenvalue weighted by Crippen LogP contribution is 2.26. The first-order chi connectivity index (χ1) is 11.1. The molecule has 1 saturated carbocycles. The number of nitrogens with zero attached hydrogens (tertiary/aromatic N) is 1. The molecule has 0 unspecified atom stereocenters. The van der Waals surface area contributed by atoms with Crippen molar-refractivity contribution in [2.45, 2.75) is 38.1 Å². The van der Waals surface area contributed by atoms with Crippen molar-refractivity contribution in [3.05, 3.63) is 40.2 Å². The second kappa shape index (κ2) is 6.44. The molecule has 1 heterocycles. The molecule has 2 aromatic rings. The molecule has 1 aromatic heterocycles. The Bertz CT molecular complexity index is 774. The van der Waals surface area contributed by atoms with Crippen molar-refractivity contribution >= 4 is 16.9 Å².